The van der Waals surface area contributed by atoms with Crippen LogP contribution in [0.3, 0.4) is 0 Å². The number of nitro groups is 1. The van der Waals surface area contributed by atoms with Crippen molar-refractivity contribution in [1.29, 1.82) is 0 Å². The Morgan fingerprint density at radius 1 is 1.36 bits per heavy atom. The highest BCUT2D eigenvalue weighted by atomic mass is 32.1. The number of aromatic nitrogens is 1. The van der Waals surface area contributed by atoms with E-state index in [4.69, 9.17) is 0 Å². The molecule has 1 aromatic carbocycles. The van der Waals surface area contributed by atoms with Crippen molar-refractivity contribution in [2.24, 2.45) is 11.8 Å². The summed E-state index contributed by atoms with van der Waals surface area (Å²) in [5.41, 5.74) is 1.38. The lowest BCUT2D eigenvalue weighted by Gasteiger charge is -2.34. The first kappa shape index (κ1) is 20.2. The molecule has 2 aromatic rings. The number of carbonyl (C=O) groups is 1. The molecule has 150 valence electrons. The molecule has 0 bridgehead atoms. The van der Waals surface area contributed by atoms with Crippen LogP contribution in [0.1, 0.15) is 36.3 Å². The fraction of sp³-hybridized carbons (Fsp3) is 0.474. The molecule has 2 N–H and O–H groups in total. The first-order valence-electron chi connectivity index (χ1n) is 9.30. The van der Waals surface area contributed by atoms with Crippen LogP contribution < -0.4 is 10.6 Å². The molecule has 1 aliphatic heterocycles. The van der Waals surface area contributed by atoms with Crippen LogP contribution in [0.15, 0.2) is 23.6 Å². The number of thiazole rings is 1. The molecule has 1 aromatic heterocycles. The van der Waals surface area contributed by atoms with Gasteiger partial charge in [0.1, 0.15) is 5.69 Å². The third kappa shape index (κ3) is 4.85. The number of hydrogen-bond donors (Lipinski definition) is 2. The second-order valence-electron chi connectivity index (χ2n) is 7.48. The van der Waals surface area contributed by atoms with Crippen molar-refractivity contribution in [1.82, 2.24) is 9.88 Å². The summed E-state index contributed by atoms with van der Waals surface area (Å²) in [6, 6.07) is 4.35. The molecule has 1 saturated heterocycles. The van der Waals surface area contributed by atoms with Gasteiger partial charge < -0.3 is 5.32 Å². The number of nitrogens with one attached hydrogen (secondary N) is 2. The fourth-order valence-electron chi connectivity index (χ4n) is 3.79. The molecule has 2 atom stereocenters. The molecule has 1 amide bonds. The van der Waals surface area contributed by atoms with Crippen molar-refractivity contribution in [2.75, 3.05) is 30.8 Å². The van der Waals surface area contributed by atoms with E-state index in [1.807, 2.05) is 5.38 Å². The third-order valence-corrected chi connectivity index (χ3v) is 5.63. The van der Waals surface area contributed by atoms with Crippen LogP contribution in [0, 0.1) is 22.0 Å². The molecule has 1 aliphatic rings. The molecule has 0 aliphatic carbocycles. The molecule has 2 unspecified atom stereocenters. The number of likely N-dealkylation sites (tertiary alicyclic amines) is 1. The minimum absolute atomic E-state index is 0.136. The maximum Gasteiger partial charge on any atom is 0.293 e. The summed E-state index contributed by atoms with van der Waals surface area (Å²) in [4.78, 5) is 30.0. The van der Waals surface area contributed by atoms with E-state index in [-0.39, 0.29) is 11.3 Å². The highest BCUT2D eigenvalue weighted by Gasteiger charge is 2.23. The van der Waals surface area contributed by atoms with Crippen LogP contribution in [0.4, 0.5) is 16.5 Å². The van der Waals surface area contributed by atoms with Gasteiger partial charge in [-0.05, 0) is 30.4 Å². The van der Waals surface area contributed by atoms with Crippen LogP contribution in [-0.4, -0.2) is 40.9 Å². The number of anilines is 2. The Bertz CT molecular complexity index is 859. The Balaban J connectivity index is 1.65. The minimum atomic E-state index is -0.509. The first-order valence-corrected chi connectivity index (χ1v) is 10.2. The maximum absolute atomic E-state index is 12.5. The van der Waals surface area contributed by atoms with Crippen LogP contribution in [0.5, 0.6) is 0 Å². The van der Waals surface area contributed by atoms with E-state index in [1.165, 1.54) is 29.9 Å². The number of amides is 1. The van der Waals surface area contributed by atoms with Gasteiger partial charge in [-0.2, -0.15) is 0 Å². The molecule has 0 radical (unpaired) electrons. The number of hydrogen-bond acceptors (Lipinski definition) is 7. The predicted molar refractivity (Wildman–Crippen MR) is 111 cm³/mol. The molecular formula is C19H25N5O3S. The summed E-state index contributed by atoms with van der Waals surface area (Å²) in [6.07, 6.45) is 1.26. The van der Waals surface area contributed by atoms with Gasteiger partial charge in [-0.25, -0.2) is 4.98 Å². The SMILES string of the molecule is CNc1ccc(C(=O)Nc2nc(CN3CC(C)CC(C)C3)cs2)cc1[N+](=O)[O-]. The highest BCUT2D eigenvalue weighted by molar-refractivity contribution is 7.13. The fourth-order valence-corrected chi connectivity index (χ4v) is 4.49. The highest BCUT2D eigenvalue weighted by Crippen LogP contribution is 2.27. The molecule has 3 rings (SSSR count). The number of carbonyl (C=O) groups excluding carboxylic acids is 1. The molecular weight excluding hydrogens is 378 g/mol. The maximum atomic E-state index is 12.5. The van der Waals surface area contributed by atoms with Crippen molar-refractivity contribution in [3.8, 4) is 0 Å². The molecule has 0 saturated carbocycles. The lowest BCUT2D eigenvalue weighted by atomic mass is 9.92. The van der Waals surface area contributed by atoms with Gasteiger partial charge in [0.25, 0.3) is 11.6 Å². The van der Waals surface area contributed by atoms with E-state index >= 15 is 0 Å². The second kappa shape index (κ2) is 8.66. The predicted octanol–water partition coefficient (Wildman–Crippen LogP) is 3.82. The van der Waals surface area contributed by atoms with Crippen LogP contribution in [0.2, 0.25) is 0 Å². The summed E-state index contributed by atoms with van der Waals surface area (Å²) >= 11 is 1.36. The summed E-state index contributed by atoms with van der Waals surface area (Å²) in [5, 5.41) is 19.1. The van der Waals surface area contributed by atoms with Crippen LogP contribution in [0.25, 0.3) is 0 Å². The number of benzene rings is 1. The first-order chi connectivity index (χ1) is 13.4. The van der Waals surface area contributed by atoms with Gasteiger partial charge in [-0.3, -0.25) is 25.1 Å². The lowest BCUT2D eigenvalue weighted by molar-refractivity contribution is -0.384. The van der Waals surface area contributed by atoms with E-state index in [0.717, 1.165) is 25.3 Å². The topological polar surface area (TPSA) is 100 Å². The molecule has 0 spiro atoms. The van der Waals surface area contributed by atoms with Crippen molar-refractivity contribution >= 4 is 33.8 Å². The molecule has 28 heavy (non-hydrogen) atoms. The zero-order chi connectivity index (χ0) is 20.3. The smallest absolute Gasteiger partial charge is 0.293 e. The average Bonchev–Trinajstić information content (AvgIpc) is 3.06. The second-order valence-corrected chi connectivity index (χ2v) is 8.34. The van der Waals surface area contributed by atoms with Crippen LogP contribution >= 0.6 is 11.3 Å². The van der Waals surface area contributed by atoms with Gasteiger partial charge >= 0.3 is 0 Å². The van der Waals surface area contributed by atoms with Gasteiger partial charge in [0.15, 0.2) is 5.13 Å². The largest absolute Gasteiger partial charge is 0.383 e. The Hall–Kier alpha value is -2.52. The standard InChI is InChI=1S/C19H25N5O3S/c1-12-6-13(2)9-23(8-12)10-15-11-28-19(21-15)22-18(25)14-4-5-16(20-3)17(7-14)24(26)27/h4-5,7,11-13,20H,6,8-10H2,1-3H3,(H,21,22,25). The van der Waals surface area contributed by atoms with E-state index < -0.39 is 10.8 Å². The normalized spacial score (nSPS) is 20.0. The van der Waals surface area contributed by atoms with Gasteiger partial charge in [-0.15, -0.1) is 11.3 Å². The van der Waals surface area contributed by atoms with Gasteiger partial charge in [0.05, 0.1) is 10.6 Å². The number of piperidine rings is 1. The Kier molecular flexibility index (Phi) is 6.25. The van der Waals surface area contributed by atoms with Gasteiger partial charge in [0.2, 0.25) is 0 Å². The van der Waals surface area contributed by atoms with E-state index in [1.54, 1.807) is 13.1 Å². The van der Waals surface area contributed by atoms with Crippen molar-refractivity contribution in [2.45, 2.75) is 26.8 Å². The van der Waals surface area contributed by atoms with Crippen molar-refractivity contribution < 1.29 is 9.72 Å². The third-order valence-electron chi connectivity index (χ3n) is 4.83. The van der Waals surface area contributed by atoms with Gasteiger partial charge in [0, 0.05) is 43.7 Å². The molecule has 8 nitrogen and oxygen atoms in total. The quantitative estimate of drug-likeness (QED) is 0.562. The monoisotopic (exact) mass is 403 g/mol. The number of nitro benzene ring substituents is 1. The number of rotatable bonds is 6. The van der Waals surface area contributed by atoms with E-state index in [0.29, 0.717) is 22.7 Å². The Labute approximate surface area is 168 Å². The zero-order valence-corrected chi connectivity index (χ0v) is 17.1. The molecule has 9 heteroatoms. The van der Waals surface area contributed by atoms with Crippen LogP contribution in [-0.2, 0) is 6.54 Å². The van der Waals surface area contributed by atoms with Crippen molar-refractivity contribution in [3.63, 3.8) is 0 Å². The number of nitrogens with zero attached hydrogens (tertiary/aromatic N) is 3. The average molecular weight is 404 g/mol. The minimum Gasteiger partial charge on any atom is -0.383 e. The van der Waals surface area contributed by atoms with Gasteiger partial charge in [-0.1, -0.05) is 13.8 Å². The zero-order valence-electron chi connectivity index (χ0n) is 16.3. The summed E-state index contributed by atoms with van der Waals surface area (Å²) in [6.45, 7) is 7.43. The summed E-state index contributed by atoms with van der Waals surface area (Å²) < 4.78 is 0. The van der Waals surface area contributed by atoms with E-state index in [9.17, 15) is 14.9 Å². The molecule has 1 fully saturated rings. The Morgan fingerprint density at radius 2 is 2.07 bits per heavy atom. The Morgan fingerprint density at radius 3 is 2.71 bits per heavy atom. The lowest BCUT2D eigenvalue weighted by Crippen LogP contribution is -2.38. The molecule has 2 heterocycles. The van der Waals surface area contributed by atoms with Crippen molar-refractivity contribution in [3.05, 3.63) is 45.0 Å². The van der Waals surface area contributed by atoms with E-state index in [2.05, 4.69) is 34.4 Å². The summed E-state index contributed by atoms with van der Waals surface area (Å²) in [7, 11) is 1.60. The summed E-state index contributed by atoms with van der Waals surface area (Å²) in [5.74, 6) is 0.947.